The van der Waals surface area contributed by atoms with Crippen molar-refractivity contribution in [3.8, 4) is 0 Å². The maximum absolute atomic E-state index is 12.1. The third kappa shape index (κ3) is 4.84. The van der Waals surface area contributed by atoms with Gasteiger partial charge in [-0.05, 0) is 36.2 Å². The van der Waals surface area contributed by atoms with Crippen LogP contribution in [0.25, 0.3) is 10.9 Å². The number of hydrogen-bond donors (Lipinski definition) is 3. The van der Waals surface area contributed by atoms with Gasteiger partial charge in [-0.25, -0.2) is 4.39 Å². The molecule has 0 saturated heterocycles. The van der Waals surface area contributed by atoms with Crippen molar-refractivity contribution < 1.29 is 9.18 Å². The van der Waals surface area contributed by atoms with Crippen LogP contribution in [-0.4, -0.2) is 16.9 Å². The highest BCUT2D eigenvalue weighted by Gasteiger charge is 2.24. The Morgan fingerprint density at radius 1 is 1.19 bits per heavy atom. The maximum Gasteiger partial charge on any atom is 0.234 e. The lowest BCUT2D eigenvalue weighted by atomic mass is 9.98. The molecule has 1 aliphatic heterocycles. The molecule has 1 atom stereocenters. The molecular weight excluding hydrogens is 353 g/mol. The quantitative estimate of drug-likeness (QED) is 0.597. The number of halogens is 2. The lowest BCUT2D eigenvalue weighted by molar-refractivity contribution is -0.120. The second kappa shape index (κ2) is 9.36. The van der Waals surface area contributed by atoms with E-state index in [0.717, 1.165) is 5.52 Å². The van der Waals surface area contributed by atoms with Gasteiger partial charge in [-0.1, -0.05) is 49.7 Å². The van der Waals surface area contributed by atoms with Crippen LogP contribution in [0.4, 0.5) is 4.39 Å². The summed E-state index contributed by atoms with van der Waals surface area (Å²) in [5.74, 6) is -0.576. The Balaban J connectivity index is 0.000000206. The summed E-state index contributed by atoms with van der Waals surface area (Å²) < 4.78 is 12.1. The molecule has 4 N–H and O–H groups in total. The Bertz CT molecular complexity index is 861. The number of fused-ring (bicyclic) bond motifs is 3. The largest absolute Gasteiger partial charge is 0.368 e. The van der Waals surface area contributed by atoms with Crippen LogP contribution in [0.1, 0.15) is 25.1 Å². The second-order valence-electron chi connectivity index (χ2n) is 5.61. The minimum Gasteiger partial charge on any atom is -0.368 e. The van der Waals surface area contributed by atoms with Gasteiger partial charge >= 0.3 is 0 Å². The van der Waals surface area contributed by atoms with Crippen LogP contribution in [0.15, 0.2) is 48.5 Å². The van der Waals surface area contributed by atoms with Crippen molar-refractivity contribution in [2.24, 2.45) is 5.73 Å². The summed E-state index contributed by atoms with van der Waals surface area (Å²) in [5.41, 5.74) is 8.84. The molecule has 1 unspecified atom stereocenters. The Hall–Kier alpha value is -2.37. The van der Waals surface area contributed by atoms with E-state index in [0.29, 0.717) is 18.0 Å². The number of carbonyl (C=O) groups excluding carboxylic acids is 1. The third-order valence-corrected chi connectivity index (χ3v) is 4.20. The summed E-state index contributed by atoms with van der Waals surface area (Å²) in [6.45, 7) is 4.68. The van der Waals surface area contributed by atoms with Crippen LogP contribution in [0, 0.1) is 5.82 Å². The van der Waals surface area contributed by atoms with E-state index < -0.39 is 0 Å². The molecule has 0 spiro atoms. The zero-order chi connectivity index (χ0) is 19.1. The van der Waals surface area contributed by atoms with Crippen LogP contribution in [0.3, 0.4) is 0 Å². The van der Waals surface area contributed by atoms with Crippen LogP contribution in [0.5, 0.6) is 0 Å². The van der Waals surface area contributed by atoms with Crippen molar-refractivity contribution in [3.05, 3.63) is 70.6 Å². The Morgan fingerprint density at radius 2 is 1.92 bits per heavy atom. The van der Waals surface area contributed by atoms with Crippen molar-refractivity contribution in [2.75, 3.05) is 0 Å². The standard InChI is InChI=1S/C12H13N3O.C6H4ClF.C2H6/c13-12(16)10-5-8-7-3-1-2-4-9(7)15-11(8)6-14-10;7-5-2-1-3-6(8)4-5;1-2/h1-4,10,14-15H,5-6H2,(H2,13,16);1-4H;1-2H3. The van der Waals surface area contributed by atoms with Crippen LogP contribution < -0.4 is 11.1 Å². The van der Waals surface area contributed by atoms with E-state index in [1.807, 2.05) is 32.0 Å². The van der Waals surface area contributed by atoms with E-state index in [9.17, 15) is 9.18 Å². The number of benzene rings is 2. The number of nitrogens with two attached hydrogens (primary N) is 1. The van der Waals surface area contributed by atoms with Gasteiger partial charge in [-0.15, -0.1) is 0 Å². The van der Waals surface area contributed by atoms with Crippen LogP contribution in [0.2, 0.25) is 5.02 Å². The van der Waals surface area contributed by atoms with Gasteiger partial charge in [0, 0.05) is 28.2 Å². The summed E-state index contributed by atoms with van der Waals surface area (Å²) in [6, 6.07) is 13.7. The number of rotatable bonds is 1. The van der Waals surface area contributed by atoms with Gasteiger partial charge in [0.25, 0.3) is 0 Å². The minimum atomic E-state index is -0.294. The van der Waals surface area contributed by atoms with Gasteiger partial charge in [-0.3, -0.25) is 10.1 Å². The zero-order valence-corrected chi connectivity index (χ0v) is 15.6. The first-order valence-electron chi connectivity index (χ1n) is 8.57. The first-order chi connectivity index (χ1) is 12.5. The van der Waals surface area contributed by atoms with E-state index >= 15 is 0 Å². The summed E-state index contributed by atoms with van der Waals surface area (Å²) in [7, 11) is 0. The molecule has 26 heavy (non-hydrogen) atoms. The summed E-state index contributed by atoms with van der Waals surface area (Å²) in [5, 5.41) is 4.76. The van der Waals surface area contributed by atoms with E-state index in [1.54, 1.807) is 12.1 Å². The molecule has 4 nitrogen and oxygen atoms in total. The van der Waals surface area contributed by atoms with Crippen molar-refractivity contribution >= 4 is 28.4 Å². The highest BCUT2D eigenvalue weighted by Crippen LogP contribution is 2.26. The second-order valence-corrected chi connectivity index (χ2v) is 6.04. The topological polar surface area (TPSA) is 70.9 Å². The predicted molar refractivity (Wildman–Crippen MR) is 105 cm³/mol. The molecule has 6 heteroatoms. The number of hydrogen-bond acceptors (Lipinski definition) is 2. The number of H-pyrrole nitrogens is 1. The van der Waals surface area contributed by atoms with Gasteiger partial charge in [-0.2, -0.15) is 0 Å². The van der Waals surface area contributed by atoms with Gasteiger partial charge < -0.3 is 10.7 Å². The van der Waals surface area contributed by atoms with E-state index in [4.69, 9.17) is 17.3 Å². The average molecular weight is 376 g/mol. The first-order valence-corrected chi connectivity index (χ1v) is 8.94. The molecule has 0 aliphatic carbocycles. The van der Waals surface area contributed by atoms with Crippen molar-refractivity contribution in [3.63, 3.8) is 0 Å². The maximum atomic E-state index is 12.1. The summed E-state index contributed by atoms with van der Waals surface area (Å²) in [6.07, 6.45) is 0.675. The van der Waals surface area contributed by atoms with Gasteiger partial charge in [0.2, 0.25) is 5.91 Å². The molecule has 2 heterocycles. The van der Waals surface area contributed by atoms with Crippen molar-refractivity contribution in [2.45, 2.75) is 32.9 Å². The fourth-order valence-electron chi connectivity index (χ4n) is 2.80. The molecule has 2 aromatic carbocycles. The Kier molecular flexibility index (Phi) is 7.18. The molecule has 1 aliphatic rings. The first kappa shape index (κ1) is 19.9. The number of amides is 1. The lowest BCUT2D eigenvalue weighted by Crippen LogP contribution is -2.45. The number of para-hydroxylation sites is 1. The van der Waals surface area contributed by atoms with Gasteiger partial charge in [0.05, 0.1) is 6.04 Å². The molecular formula is C20H23ClFN3O. The Labute approximate surface area is 157 Å². The van der Waals surface area contributed by atoms with Gasteiger partial charge in [0.1, 0.15) is 5.82 Å². The van der Waals surface area contributed by atoms with E-state index in [-0.39, 0.29) is 17.8 Å². The minimum absolute atomic E-state index is 0.244. The summed E-state index contributed by atoms with van der Waals surface area (Å²) in [4.78, 5) is 14.5. The fraction of sp³-hybridized carbons (Fsp3) is 0.250. The number of primary amides is 1. The molecule has 0 radical (unpaired) electrons. The molecule has 138 valence electrons. The molecule has 0 saturated carbocycles. The predicted octanol–water partition coefficient (Wildman–Crippen LogP) is 4.17. The zero-order valence-electron chi connectivity index (χ0n) is 14.9. The Morgan fingerprint density at radius 3 is 2.54 bits per heavy atom. The van der Waals surface area contributed by atoms with Crippen molar-refractivity contribution in [1.82, 2.24) is 10.3 Å². The molecule has 0 bridgehead atoms. The molecule has 0 fully saturated rings. The summed E-state index contributed by atoms with van der Waals surface area (Å²) >= 11 is 5.40. The molecule has 4 rings (SSSR count). The van der Waals surface area contributed by atoms with E-state index in [1.165, 1.54) is 28.8 Å². The third-order valence-electron chi connectivity index (χ3n) is 3.97. The molecule has 3 aromatic rings. The fourth-order valence-corrected chi connectivity index (χ4v) is 2.98. The highest BCUT2D eigenvalue weighted by atomic mass is 35.5. The normalized spacial score (nSPS) is 15.2. The SMILES string of the molecule is CC.Fc1cccc(Cl)c1.NC(=O)C1Cc2c([nH]c3ccccc23)CN1. The smallest absolute Gasteiger partial charge is 0.234 e. The molecule has 1 aromatic heterocycles. The average Bonchev–Trinajstić information content (AvgIpc) is 3.01. The van der Waals surface area contributed by atoms with Crippen LogP contribution >= 0.6 is 11.6 Å². The number of aromatic amines is 1. The van der Waals surface area contributed by atoms with Crippen molar-refractivity contribution in [1.29, 1.82) is 0 Å². The number of aromatic nitrogens is 1. The lowest BCUT2D eigenvalue weighted by Gasteiger charge is -2.21. The van der Waals surface area contributed by atoms with Crippen LogP contribution in [-0.2, 0) is 17.8 Å². The number of carbonyl (C=O) groups is 1. The highest BCUT2D eigenvalue weighted by molar-refractivity contribution is 6.30. The molecule has 1 amide bonds. The number of nitrogens with one attached hydrogen (secondary N) is 2. The van der Waals surface area contributed by atoms with Gasteiger partial charge in [0.15, 0.2) is 0 Å². The van der Waals surface area contributed by atoms with E-state index in [2.05, 4.69) is 16.4 Å². The monoisotopic (exact) mass is 375 g/mol.